The number of carboxylic acids is 1. The molecule has 0 fully saturated rings. The highest BCUT2D eigenvalue weighted by molar-refractivity contribution is 7.89. The molecule has 3 aromatic rings. The van der Waals surface area contributed by atoms with Gasteiger partial charge in [0.05, 0.1) is 23.1 Å². The average molecular weight is 426 g/mol. The highest BCUT2D eigenvalue weighted by Gasteiger charge is 2.37. The monoisotopic (exact) mass is 426 g/mol. The Morgan fingerprint density at radius 2 is 1.77 bits per heavy atom. The Balaban J connectivity index is 1.76. The van der Waals surface area contributed by atoms with Gasteiger partial charge in [-0.2, -0.15) is 4.31 Å². The van der Waals surface area contributed by atoms with Gasteiger partial charge in [-0.3, -0.25) is 0 Å². The van der Waals surface area contributed by atoms with Crippen LogP contribution in [0.15, 0.2) is 71.8 Å². The predicted octanol–water partition coefficient (Wildman–Crippen LogP) is 3.38. The Bertz CT molecular complexity index is 1150. The van der Waals surface area contributed by atoms with E-state index in [2.05, 4.69) is 4.57 Å². The van der Waals surface area contributed by atoms with E-state index in [0.29, 0.717) is 19.7 Å². The zero-order chi connectivity index (χ0) is 21.3. The zero-order valence-corrected chi connectivity index (χ0v) is 17.2. The fraction of sp³-hybridized carbons (Fsp3) is 0.227. The topological polar surface area (TPSA) is 88.8 Å². The number of aromatic carboxylic acids is 1. The fourth-order valence-corrected chi connectivity index (χ4v) is 5.36. The molecule has 1 aromatic heterocycles. The van der Waals surface area contributed by atoms with Gasteiger partial charge in [0, 0.05) is 25.0 Å². The number of sulfonamides is 1. The molecule has 1 aliphatic heterocycles. The van der Waals surface area contributed by atoms with E-state index < -0.39 is 22.0 Å². The molecule has 156 valence electrons. The van der Waals surface area contributed by atoms with Crippen LogP contribution in [0.2, 0.25) is 0 Å². The van der Waals surface area contributed by atoms with Crippen LogP contribution in [0.5, 0.6) is 5.75 Å². The van der Waals surface area contributed by atoms with Crippen molar-refractivity contribution in [2.75, 3.05) is 13.2 Å². The predicted molar refractivity (Wildman–Crippen MR) is 111 cm³/mol. The molecule has 0 radical (unpaired) electrons. The lowest BCUT2D eigenvalue weighted by atomic mass is 10.0. The number of aromatic nitrogens is 1. The van der Waals surface area contributed by atoms with Gasteiger partial charge >= 0.3 is 5.97 Å². The lowest BCUT2D eigenvalue weighted by Gasteiger charge is -2.36. The number of rotatable bonds is 6. The molecule has 0 amide bonds. The number of hydrogen-bond acceptors (Lipinski definition) is 4. The zero-order valence-electron chi connectivity index (χ0n) is 16.4. The Morgan fingerprint density at radius 1 is 1.07 bits per heavy atom. The number of fused-ring (bicyclic) bond motifs is 1. The minimum absolute atomic E-state index is 0.0459. The molecule has 7 nitrogen and oxygen atoms in total. The first-order chi connectivity index (χ1) is 14.4. The first-order valence-electron chi connectivity index (χ1n) is 9.65. The second kappa shape index (κ2) is 7.97. The van der Waals surface area contributed by atoms with Crippen molar-refractivity contribution in [1.29, 1.82) is 0 Å². The van der Waals surface area contributed by atoms with E-state index in [0.717, 1.165) is 17.0 Å². The van der Waals surface area contributed by atoms with E-state index in [4.69, 9.17) is 9.84 Å². The largest absolute Gasteiger partial charge is 0.494 e. The number of ether oxygens (including phenoxy) is 1. The Hall–Kier alpha value is -3.10. The molecule has 0 saturated carbocycles. The number of benzene rings is 2. The van der Waals surface area contributed by atoms with Crippen molar-refractivity contribution in [3.63, 3.8) is 0 Å². The quantitative estimate of drug-likeness (QED) is 0.653. The van der Waals surface area contributed by atoms with Crippen LogP contribution in [0.4, 0.5) is 0 Å². The highest BCUT2D eigenvalue weighted by Crippen LogP contribution is 2.37. The van der Waals surface area contributed by atoms with Crippen LogP contribution in [0.3, 0.4) is 0 Å². The Morgan fingerprint density at radius 3 is 2.40 bits per heavy atom. The van der Waals surface area contributed by atoms with E-state index in [-0.39, 0.29) is 10.5 Å². The van der Waals surface area contributed by atoms with Gasteiger partial charge in [-0.15, -0.1) is 0 Å². The lowest BCUT2D eigenvalue weighted by molar-refractivity contribution is 0.0696. The van der Waals surface area contributed by atoms with E-state index in [1.807, 2.05) is 49.5 Å². The molecule has 2 aromatic carbocycles. The molecule has 0 saturated heterocycles. The van der Waals surface area contributed by atoms with Crippen LogP contribution < -0.4 is 4.74 Å². The lowest BCUT2D eigenvalue weighted by Crippen LogP contribution is -2.42. The Kier molecular flexibility index (Phi) is 5.36. The normalized spacial score (nSPS) is 16.8. The maximum atomic E-state index is 13.5. The maximum Gasteiger partial charge on any atom is 0.335 e. The average Bonchev–Trinajstić information content (AvgIpc) is 3.23. The Labute approximate surface area is 175 Å². The first-order valence-corrected chi connectivity index (χ1v) is 11.1. The van der Waals surface area contributed by atoms with Gasteiger partial charge in [-0.1, -0.05) is 12.1 Å². The van der Waals surface area contributed by atoms with Gasteiger partial charge in [0.1, 0.15) is 5.75 Å². The molecule has 4 rings (SSSR count). The van der Waals surface area contributed by atoms with Crippen molar-refractivity contribution in [3.05, 3.63) is 83.7 Å². The summed E-state index contributed by atoms with van der Waals surface area (Å²) < 4.78 is 36.0. The van der Waals surface area contributed by atoms with Crippen LogP contribution >= 0.6 is 0 Å². The van der Waals surface area contributed by atoms with Gasteiger partial charge in [-0.05, 0) is 61.0 Å². The third kappa shape index (κ3) is 3.59. The molecule has 1 unspecified atom stereocenters. The fourth-order valence-electron chi connectivity index (χ4n) is 3.78. The van der Waals surface area contributed by atoms with Crippen LogP contribution in [0, 0.1) is 0 Å². The van der Waals surface area contributed by atoms with Gasteiger partial charge in [0.15, 0.2) is 0 Å². The van der Waals surface area contributed by atoms with E-state index in [1.165, 1.54) is 28.6 Å². The van der Waals surface area contributed by atoms with Crippen molar-refractivity contribution in [3.8, 4) is 5.75 Å². The standard InChI is InChI=1S/C22H22N2O5S/c1-2-29-18-9-5-16(6-10-18)21-20-4-3-13-23(20)14-15-24(21)30(27,28)19-11-7-17(8-12-19)22(25)26/h3-13,21H,2,14-15H2,1H3,(H,25,26). The van der Waals surface area contributed by atoms with E-state index in [1.54, 1.807) is 0 Å². The van der Waals surface area contributed by atoms with Gasteiger partial charge < -0.3 is 14.4 Å². The van der Waals surface area contributed by atoms with Crippen molar-refractivity contribution in [1.82, 2.24) is 8.87 Å². The van der Waals surface area contributed by atoms with Crippen molar-refractivity contribution >= 4 is 16.0 Å². The summed E-state index contributed by atoms with van der Waals surface area (Å²) in [6.07, 6.45) is 1.95. The number of carbonyl (C=O) groups is 1. The molecule has 8 heteroatoms. The molecule has 1 N–H and O–H groups in total. The molecule has 0 aliphatic carbocycles. The molecule has 2 heterocycles. The van der Waals surface area contributed by atoms with Crippen molar-refractivity contribution in [2.45, 2.75) is 24.4 Å². The number of nitrogens with zero attached hydrogens (tertiary/aromatic N) is 2. The van der Waals surface area contributed by atoms with Crippen LogP contribution in [-0.2, 0) is 16.6 Å². The summed E-state index contributed by atoms with van der Waals surface area (Å²) in [4.78, 5) is 11.2. The molecule has 0 bridgehead atoms. The van der Waals surface area contributed by atoms with E-state index in [9.17, 15) is 13.2 Å². The first kappa shape index (κ1) is 20.2. The maximum absolute atomic E-state index is 13.5. The highest BCUT2D eigenvalue weighted by atomic mass is 32.2. The SMILES string of the molecule is CCOc1ccc(C2c3cccn3CCN2S(=O)(=O)c2ccc(C(=O)O)cc2)cc1. The summed E-state index contributed by atoms with van der Waals surface area (Å²) in [6.45, 7) is 3.31. The second-order valence-corrected chi connectivity index (χ2v) is 8.87. The van der Waals surface area contributed by atoms with Gasteiger partial charge in [0.25, 0.3) is 0 Å². The van der Waals surface area contributed by atoms with Crippen molar-refractivity contribution in [2.24, 2.45) is 0 Å². The summed E-state index contributed by atoms with van der Waals surface area (Å²) in [7, 11) is -3.85. The molecule has 0 spiro atoms. The molecule has 1 aliphatic rings. The second-order valence-electron chi connectivity index (χ2n) is 6.98. The van der Waals surface area contributed by atoms with Crippen molar-refractivity contribution < 1.29 is 23.1 Å². The van der Waals surface area contributed by atoms with Crippen LogP contribution in [0.25, 0.3) is 0 Å². The summed E-state index contributed by atoms with van der Waals surface area (Å²) in [6, 6.07) is 16.1. The summed E-state index contributed by atoms with van der Waals surface area (Å²) in [5.74, 6) is -0.367. The third-order valence-corrected chi connectivity index (χ3v) is 7.09. The minimum atomic E-state index is -3.85. The summed E-state index contributed by atoms with van der Waals surface area (Å²) in [5, 5.41) is 9.09. The smallest absolute Gasteiger partial charge is 0.335 e. The number of hydrogen-bond donors (Lipinski definition) is 1. The molecule has 30 heavy (non-hydrogen) atoms. The minimum Gasteiger partial charge on any atom is -0.494 e. The summed E-state index contributed by atoms with van der Waals surface area (Å²) in [5.41, 5.74) is 1.77. The third-order valence-electron chi connectivity index (χ3n) is 5.21. The van der Waals surface area contributed by atoms with Crippen LogP contribution in [0.1, 0.15) is 34.6 Å². The van der Waals surface area contributed by atoms with Gasteiger partial charge in [-0.25, -0.2) is 13.2 Å². The van der Waals surface area contributed by atoms with Gasteiger partial charge in [0.2, 0.25) is 10.0 Å². The molecular formula is C22H22N2O5S. The molecular weight excluding hydrogens is 404 g/mol. The summed E-state index contributed by atoms with van der Waals surface area (Å²) >= 11 is 0. The number of carboxylic acid groups (broad SMARTS) is 1. The van der Waals surface area contributed by atoms with E-state index >= 15 is 0 Å². The molecule has 1 atom stereocenters. The van der Waals surface area contributed by atoms with Crippen LogP contribution in [-0.4, -0.2) is 41.5 Å².